The van der Waals surface area contributed by atoms with E-state index in [0.717, 1.165) is 106 Å². The van der Waals surface area contributed by atoms with Crippen LogP contribution in [0.5, 0.6) is 0 Å². The third kappa shape index (κ3) is 16.6. The van der Waals surface area contributed by atoms with E-state index in [1.165, 1.54) is 0 Å². The fourth-order valence-corrected chi connectivity index (χ4v) is 12.6. The van der Waals surface area contributed by atoms with Crippen molar-refractivity contribution in [2.24, 2.45) is 21.1 Å². The molecule has 0 unspecified atom stereocenters. The molecule has 0 spiro atoms. The first-order chi connectivity index (χ1) is 46.8. The molecule has 0 bridgehead atoms. The average Bonchev–Trinajstić information content (AvgIpc) is 1.65. The summed E-state index contributed by atoms with van der Waals surface area (Å²) in [6.07, 6.45) is 11.2. The number of aromatic amines is 1. The molecule has 12 rings (SSSR count). The molecule has 1 saturated heterocycles. The van der Waals surface area contributed by atoms with Crippen molar-refractivity contribution in [1.82, 2.24) is 52.9 Å². The van der Waals surface area contributed by atoms with Gasteiger partial charge in [-0.05, 0) is 162 Å². The number of nitrogens with one attached hydrogen (secondary N) is 1. The Balaban J connectivity index is 0.000000154. The van der Waals surface area contributed by atoms with Gasteiger partial charge in [0.25, 0.3) is 5.91 Å². The number of benzene rings is 4. The van der Waals surface area contributed by atoms with Gasteiger partial charge in [-0.25, -0.2) is 14.4 Å². The van der Waals surface area contributed by atoms with E-state index in [2.05, 4.69) is 38.7 Å². The lowest BCUT2D eigenvalue weighted by Gasteiger charge is -2.28. The first-order valence-corrected chi connectivity index (χ1v) is 33.5. The van der Waals surface area contributed by atoms with Gasteiger partial charge in [0, 0.05) is 135 Å². The number of carbonyl (C=O) groups is 4. The highest BCUT2D eigenvalue weighted by molar-refractivity contribution is 6.31. The Labute approximate surface area is 591 Å². The molecule has 0 saturated carbocycles. The molecular weight excluding hydrogens is 1320 g/mol. The average molecular weight is 1410 g/mol. The SMILES string of the molecule is CCOC(=O)c1[nH]c(C)c(C)c1-c1ccc(Cl)cc1.CCOC(=O)c1c(-c2ccc(Cl)cc2)c(C)c(C)n1Cc1cnn(C)c1.Cc1c(-c2ccc(Cl)cc2)c(C(=O)N2CCOCC2)n(Cc2cnn(C)c2)c1C.Cc1c(-c2ccc(Cl)cc2)c(C(=O)O)n(Cc2cnn(C)c2)c1C. The van der Waals surface area contributed by atoms with Gasteiger partial charge in [0.2, 0.25) is 0 Å². The molecule has 19 nitrogen and oxygen atoms in total. The molecule has 7 aromatic heterocycles. The minimum Gasteiger partial charge on any atom is -0.477 e. The van der Waals surface area contributed by atoms with Crippen LogP contribution in [0.4, 0.5) is 0 Å². The number of carboxylic acid groups (broad SMARTS) is 1. The summed E-state index contributed by atoms with van der Waals surface area (Å²) in [5, 5.41) is 25.1. The summed E-state index contributed by atoms with van der Waals surface area (Å²) in [6.45, 7) is 24.3. The summed E-state index contributed by atoms with van der Waals surface area (Å²) < 4.78 is 27.1. The van der Waals surface area contributed by atoms with Crippen molar-refractivity contribution in [3.8, 4) is 44.5 Å². The number of hydrogen-bond donors (Lipinski definition) is 2. The summed E-state index contributed by atoms with van der Waals surface area (Å²) in [4.78, 5) is 55.4. The van der Waals surface area contributed by atoms with Crippen LogP contribution in [0.25, 0.3) is 44.5 Å². The Kier molecular flexibility index (Phi) is 24.0. The summed E-state index contributed by atoms with van der Waals surface area (Å²) in [6, 6.07) is 29.9. The molecule has 0 aliphatic carbocycles. The van der Waals surface area contributed by atoms with E-state index in [1.807, 2.05) is 200 Å². The van der Waals surface area contributed by atoms with Crippen LogP contribution >= 0.6 is 46.4 Å². The minimum absolute atomic E-state index is 0.0401. The van der Waals surface area contributed by atoms with Gasteiger partial charge in [0.05, 0.1) is 64.7 Å². The van der Waals surface area contributed by atoms with Crippen molar-refractivity contribution in [2.75, 3.05) is 39.5 Å². The number of ether oxygens (including phenoxy) is 3. The van der Waals surface area contributed by atoms with Crippen LogP contribution in [0.1, 0.15) is 118 Å². The number of hydrogen-bond acceptors (Lipinski definition) is 10. The molecule has 1 fully saturated rings. The Morgan fingerprint density at radius 2 is 0.796 bits per heavy atom. The van der Waals surface area contributed by atoms with Gasteiger partial charge >= 0.3 is 17.9 Å². The van der Waals surface area contributed by atoms with E-state index >= 15 is 0 Å². The van der Waals surface area contributed by atoms with Crippen molar-refractivity contribution in [3.63, 3.8) is 0 Å². The zero-order chi connectivity index (χ0) is 70.8. The number of amides is 1. The van der Waals surface area contributed by atoms with Crippen molar-refractivity contribution < 1.29 is 38.5 Å². The number of carbonyl (C=O) groups excluding carboxylic acids is 3. The highest BCUT2D eigenvalue weighted by Crippen LogP contribution is 2.38. The molecule has 1 aliphatic rings. The summed E-state index contributed by atoms with van der Waals surface area (Å²) in [5.74, 6) is -1.56. The van der Waals surface area contributed by atoms with Gasteiger partial charge in [-0.15, -0.1) is 0 Å². The third-order valence-electron chi connectivity index (χ3n) is 17.5. The minimum atomic E-state index is -0.944. The highest BCUT2D eigenvalue weighted by Gasteiger charge is 2.31. The Morgan fingerprint density at radius 3 is 1.14 bits per heavy atom. The molecule has 1 amide bonds. The lowest BCUT2D eigenvalue weighted by molar-refractivity contribution is 0.0296. The Morgan fingerprint density at radius 1 is 0.469 bits per heavy atom. The van der Waals surface area contributed by atoms with Crippen LogP contribution in [0.15, 0.2) is 134 Å². The van der Waals surface area contributed by atoms with Crippen LogP contribution in [-0.2, 0) is 55.0 Å². The summed E-state index contributed by atoms with van der Waals surface area (Å²) in [7, 11) is 5.62. The lowest BCUT2D eigenvalue weighted by Crippen LogP contribution is -2.41. The lowest BCUT2D eigenvalue weighted by atomic mass is 10.0. The summed E-state index contributed by atoms with van der Waals surface area (Å²) in [5.41, 5.74) is 20.5. The zero-order valence-electron chi connectivity index (χ0n) is 57.4. The second-order valence-electron chi connectivity index (χ2n) is 23.9. The number of nitrogens with zero attached hydrogens (tertiary/aromatic N) is 10. The predicted octanol–water partition coefficient (Wildman–Crippen LogP) is 16.1. The van der Waals surface area contributed by atoms with Crippen molar-refractivity contribution >= 4 is 70.2 Å². The molecule has 11 aromatic rings. The summed E-state index contributed by atoms with van der Waals surface area (Å²) >= 11 is 24.0. The maximum Gasteiger partial charge on any atom is 0.355 e. The predicted molar refractivity (Wildman–Crippen MR) is 386 cm³/mol. The zero-order valence-corrected chi connectivity index (χ0v) is 60.4. The normalized spacial score (nSPS) is 11.9. The van der Waals surface area contributed by atoms with Crippen LogP contribution < -0.4 is 0 Å². The third-order valence-corrected chi connectivity index (χ3v) is 18.5. The second-order valence-corrected chi connectivity index (χ2v) is 25.7. The number of morpholine rings is 1. The largest absolute Gasteiger partial charge is 0.477 e. The monoisotopic (exact) mass is 1400 g/mol. The molecule has 0 atom stereocenters. The number of aryl methyl sites for hydroxylation is 4. The molecular formula is C75H81Cl4N11O8. The topological polar surface area (TPSA) is 203 Å². The van der Waals surface area contributed by atoms with Gasteiger partial charge in [-0.2, -0.15) is 15.3 Å². The van der Waals surface area contributed by atoms with E-state index in [0.29, 0.717) is 96.3 Å². The Bertz CT molecular complexity index is 4640. The quantitative estimate of drug-likeness (QED) is 0.0871. The number of H-pyrrole nitrogens is 1. The molecule has 4 aromatic carbocycles. The van der Waals surface area contributed by atoms with Gasteiger partial charge < -0.3 is 42.9 Å². The van der Waals surface area contributed by atoms with E-state index in [4.69, 9.17) is 60.6 Å². The number of aromatic nitrogens is 10. The number of aromatic carboxylic acids is 1. The molecule has 23 heteroatoms. The first kappa shape index (κ1) is 72.9. The van der Waals surface area contributed by atoms with Crippen LogP contribution in [0.2, 0.25) is 20.1 Å². The van der Waals surface area contributed by atoms with E-state index in [1.54, 1.807) is 39.3 Å². The number of carboxylic acids is 1. The fraction of sp³-hybridized carbons (Fsp3) is 0.293. The highest BCUT2D eigenvalue weighted by atomic mass is 35.5. The van der Waals surface area contributed by atoms with Gasteiger partial charge in [0.1, 0.15) is 22.8 Å². The second kappa shape index (κ2) is 32.3. The number of halogens is 4. The number of esters is 2. The molecule has 1 aliphatic heterocycles. The van der Waals surface area contributed by atoms with E-state index in [-0.39, 0.29) is 23.5 Å². The van der Waals surface area contributed by atoms with Gasteiger partial charge in [0.15, 0.2) is 0 Å². The van der Waals surface area contributed by atoms with Crippen molar-refractivity contribution in [3.05, 3.63) is 239 Å². The van der Waals surface area contributed by atoms with E-state index in [9.17, 15) is 24.3 Å². The van der Waals surface area contributed by atoms with E-state index < -0.39 is 5.97 Å². The smallest absolute Gasteiger partial charge is 0.355 e. The molecule has 2 N–H and O–H groups in total. The molecule has 8 heterocycles. The van der Waals surface area contributed by atoms with Crippen molar-refractivity contribution in [2.45, 2.75) is 88.9 Å². The van der Waals surface area contributed by atoms with Crippen LogP contribution in [0, 0.1) is 55.4 Å². The molecule has 512 valence electrons. The van der Waals surface area contributed by atoms with Crippen molar-refractivity contribution in [1.29, 1.82) is 0 Å². The van der Waals surface area contributed by atoms with Gasteiger partial charge in [-0.1, -0.05) is 94.9 Å². The standard InChI is InChI=1S/C22H25ClN4O2.C20H22ClN3O2.C18H18ClN3O2.C15H16ClNO2/c1-15-16(2)27(14-17-12-24-25(3)13-17)21(22(28)26-8-10-29-11-9-26)20(15)18-4-6-19(23)7-5-18;1-5-26-20(25)19-18(16-6-8-17(21)9-7-16)13(2)14(3)24(19)12-15-10-22-23(4)11-15;1-11-12(2)22(10-13-8-20-21(3)9-13)17(18(23)24)16(11)14-4-6-15(19)7-5-14;1-4-19-15(18)14-13(9(2)10(3)17-14)11-5-7-12(16)8-6-11/h4-7,12-13H,8-11,14H2,1-3H3;6-11H,5,12H2,1-4H3;4-9H,10H2,1-3H3,(H,23,24);5-8,17H,4H2,1-3H3. The Hall–Kier alpha value is -9.37. The molecule has 0 radical (unpaired) electrons. The number of rotatable bonds is 16. The van der Waals surface area contributed by atoms with Gasteiger partial charge in [-0.3, -0.25) is 18.8 Å². The first-order valence-electron chi connectivity index (χ1n) is 32.0. The maximum absolute atomic E-state index is 13.6. The van der Waals surface area contributed by atoms with Crippen LogP contribution in [-0.4, -0.2) is 121 Å². The fourth-order valence-electron chi connectivity index (χ4n) is 12.1. The molecule has 98 heavy (non-hydrogen) atoms. The van der Waals surface area contributed by atoms with Crippen LogP contribution in [0.3, 0.4) is 0 Å². The maximum atomic E-state index is 13.6.